The van der Waals surface area contributed by atoms with Crippen LogP contribution in [-0.4, -0.2) is 59.3 Å². The molecule has 2 aliphatic heterocycles. The van der Waals surface area contributed by atoms with Gasteiger partial charge in [0, 0.05) is 31.2 Å². The summed E-state index contributed by atoms with van der Waals surface area (Å²) in [6.07, 6.45) is 7.37. The molecule has 2 saturated heterocycles. The molecule has 18 heavy (non-hydrogen) atoms. The summed E-state index contributed by atoms with van der Waals surface area (Å²) in [7, 11) is 2.30. The number of rotatable bonds is 1. The van der Waals surface area contributed by atoms with E-state index in [0.29, 0.717) is 6.04 Å². The van der Waals surface area contributed by atoms with Gasteiger partial charge < -0.3 is 5.11 Å². The van der Waals surface area contributed by atoms with Crippen LogP contribution in [0.2, 0.25) is 0 Å². The quantitative estimate of drug-likeness (QED) is 0.769. The number of aliphatic hydroxyl groups is 1. The molecule has 1 N–H and O–H groups in total. The first-order chi connectivity index (χ1) is 8.65. The van der Waals surface area contributed by atoms with Crippen molar-refractivity contribution >= 4 is 0 Å². The lowest BCUT2D eigenvalue weighted by atomic mass is 9.83. The van der Waals surface area contributed by atoms with Crippen molar-refractivity contribution in [3.05, 3.63) is 0 Å². The second kappa shape index (κ2) is 5.10. The topological polar surface area (TPSA) is 26.7 Å². The van der Waals surface area contributed by atoms with Crippen molar-refractivity contribution in [3.63, 3.8) is 0 Å². The minimum absolute atomic E-state index is 0.0804. The monoisotopic (exact) mass is 252 g/mol. The van der Waals surface area contributed by atoms with E-state index in [4.69, 9.17) is 0 Å². The highest BCUT2D eigenvalue weighted by Gasteiger charge is 2.39. The van der Waals surface area contributed by atoms with Crippen LogP contribution in [0.1, 0.15) is 45.4 Å². The average Bonchev–Trinajstić information content (AvgIpc) is 2.57. The van der Waals surface area contributed by atoms with Crippen LogP contribution in [-0.2, 0) is 0 Å². The fraction of sp³-hybridized carbons (Fsp3) is 1.00. The third kappa shape index (κ3) is 2.33. The molecule has 0 aromatic rings. The second-order valence-electron chi connectivity index (χ2n) is 6.89. The number of nitrogens with zero attached hydrogens (tertiary/aromatic N) is 2. The van der Waals surface area contributed by atoms with E-state index in [1.54, 1.807) is 0 Å². The standard InChI is InChI=1S/C15H28N2O/c1-11-3-6-15(18)14(9-11)17-8-7-12-4-5-13(10-17)16(12)2/h11-15,18H,3-10H2,1-2H3. The molecule has 2 heterocycles. The van der Waals surface area contributed by atoms with Gasteiger partial charge in [0.05, 0.1) is 6.10 Å². The Labute approximate surface area is 111 Å². The van der Waals surface area contributed by atoms with Crippen LogP contribution in [0, 0.1) is 5.92 Å². The SMILES string of the molecule is CC1CCC(O)C(N2CCC3CCC(C2)N3C)C1. The van der Waals surface area contributed by atoms with Gasteiger partial charge in [-0.25, -0.2) is 0 Å². The molecule has 3 fully saturated rings. The zero-order chi connectivity index (χ0) is 12.7. The zero-order valence-corrected chi connectivity index (χ0v) is 11.9. The molecule has 3 rings (SSSR count). The molecule has 0 aromatic carbocycles. The largest absolute Gasteiger partial charge is 0.391 e. The highest BCUT2D eigenvalue weighted by molar-refractivity contribution is 4.95. The van der Waals surface area contributed by atoms with Crippen molar-refractivity contribution in [3.8, 4) is 0 Å². The predicted molar refractivity (Wildman–Crippen MR) is 73.6 cm³/mol. The summed E-state index contributed by atoms with van der Waals surface area (Å²) in [6, 6.07) is 1.97. The number of hydrogen-bond donors (Lipinski definition) is 1. The fourth-order valence-corrected chi connectivity index (χ4v) is 4.36. The number of likely N-dealkylation sites (tertiary alicyclic amines) is 1. The van der Waals surface area contributed by atoms with Gasteiger partial charge in [0.15, 0.2) is 0 Å². The summed E-state index contributed by atoms with van der Waals surface area (Å²) in [5, 5.41) is 10.3. The van der Waals surface area contributed by atoms with Gasteiger partial charge in [-0.1, -0.05) is 6.92 Å². The lowest BCUT2D eigenvalue weighted by molar-refractivity contribution is 0.00236. The molecule has 0 amide bonds. The summed E-state index contributed by atoms with van der Waals surface area (Å²) < 4.78 is 0. The van der Waals surface area contributed by atoms with Crippen molar-refractivity contribution in [2.45, 2.75) is 69.7 Å². The molecule has 3 heteroatoms. The summed E-state index contributed by atoms with van der Waals surface area (Å²) >= 11 is 0. The van der Waals surface area contributed by atoms with Crippen LogP contribution in [0.5, 0.6) is 0 Å². The Balaban J connectivity index is 1.68. The average molecular weight is 252 g/mol. The maximum Gasteiger partial charge on any atom is 0.0695 e. The summed E-state index contributed by atoms with van der Waals surface area (Å²) in [5.41, 5.74) is 0. The Kier molecular flexibility index (Phi) is 3.65. The third-order valence-electron chi connectivity index (χ3n) is 5.69. The van der Waals surface area contributed by atoms with E-state index >= 15 is 0 Å². The molecular formula is C15H28N2O. The van der Waals surface area contributed by atoms with Gasteiger partial charge in [-0.2, -0.15) is 0 Å². The number of hydrogen-bond acceptors (Lipinski definition) is 3. The van der Waals surface area contributed by atoms with E-state index in [-0.39, 0.29) is 6.10 Å². The Hall–Kier alpha value is -0.120. The molecule has 5 atom stereocenters. The maximum atomic E-state index is 10.3. The van der Waals surface area contributed by atoms with E-state index in [9.17, 15) is 5.11 Å². The van der Waals surface area contributed by atoms with Crippen LogP contribution in [0.4, 0.5) is 0 Å². The Bertz CT molecular complexity index is 296. The molecule has 0 spiro atoms. The zero-order valence-electron chi connectivity index (χ0n) is 11.9. The predicted octanol–water partition coefficient (Wildman–Crippen LogP) is 1.70. The third-order valence-corrected chi connectivity index (χ3v) is 5.69. The Morgan fingerprint density at radius 2 is 1.78 bits per heavy atom. The van der Waals surface area contributed by atoms with Gasteiger partial charge in [0.25, 0.3) is 0 Å². The Morgan fingerprint density at radius 3 is 2.61 bits per heavy atom. The first-order valence-corrected chi connectivity index (χ1v) is 7.79. The first-order valence-electron chi connectivity index (χ1n) is 7.79. The lowest BCUT2D eigenvalue weighted by Crippen LogP contribution is -2.50. The van der Waals surface area contributed by atoms with Crippen molar-refractivity contribution in [1.29, 1.82) is 0 Å². The second-order valence-corrected chi connectivity index (χ2v) is 6.89. The van der Waals surface area contributed by atoms with Crippen molar-refractivity contribution in [1.82, 2.24) is 9.80 Å². The van der Waals surface area contributed by atoms with Gasteiger partial charge in [-0.15, -0.1) is 0 Å². The molecule has 0 aromatic heterocycles. The van der Waals surface area contributed by atoms with Crippen LogP contribution in [0.3, 0.4) is 0 Å². The molecule has 1 aliphatic carbocycles. The van der Waals surface area contributed by atoms with E-state index in [1.807, 2.05) is 0 Å². The van der Waals surface area contributed by atoms with Gasteiger partial charge >= 0.3 is 0 Å². The molecule has 1 saturated carbocycles. The smallest absolute Gasteiger partial charge is 0.0695 e. The van der Waals surface area contributed by atoms with Crippen molar-refractivity contribution in [2.24, 2.45) is 5.92 Å². The molecule has 3 aliphatic rings. The van der Waals surface area contributed by atoms with Crippen LogP contribution in [0.25, 0.3) is 0 Å². The molecule has 104 valence electrons. The van der Waals surface area contributed by atoms with E-state index in [1.165, 1.54) is 45.2 Å². The van der Waals surface area contributed by atoms with E-state index in [0.717, 1.165) is 24.4 Å². The van der Waals surface area contributed by atoms with Gasteiger partial charge in [-0.05, 0) is 51.5 Å². The molecule has 5 unspecified atom stereocenters. The summed E-state index contributed by atoms with van der Waals surface area (Å²) in [5.74, 6) is 0.788. The van der Waals surface area contributed by atoms with Crippen LogP contribution >= 0.6 is 0 Å². The van der Waals surface area contributed by atoms with Gasteiger partial charge in [0.1, 0.15) is 0 Å². The molecule has 0 radical (unpaired) electrons. The van der Waals surface area contributed by atoms with Crippen LogP contribution < -0.4 is 0 Å². The minimum Gasteiger partial charge on any atom is -0.391 e. The normalized spacial score (nSPS) is 47.2. The maximum absolute atomic E-state index is 10.3. The van der Waals surface area contributed by atoms with Crippen molar-refractivity contribution in [2.75, 3.05) is 20.1 Å². The van der Waals surface area contributed by atoms with Gasteiger partial charge in [0.2, 0.25) is 0 Å². The van der Waals surface area contributed by atoms with E-state index in [2.05, 4.69) is 23.8 Å². The number of fused-ring (bicyclic) bond motifs is 2. The van der Waals surface area contributed by atoms with E-state index < -0.39 is 0 Å². The number of likely N-dealkylation sites (N-methyl/N-ethyl adjacent to an activating group) is 1. The lowest BCUT2D eigenvalue weighted by Gasteiger charge is -2.40. The number of aliphatic hydroxyl groups excluding tert-OH is 1. The minimum atomic E-state index is -0.0804. The Morgan fingerprint density at radius 1 is 1.00 bits per heavy atom. The summed E-state index contributed by atoms with van der Waals surface area (Å²) in [4.78, 5) is 5.21. The fourth-order valence-electron chi connectivity index (χ4n) is 4.36. The molecule has 3 nitrogen and oxygen atoms in total. The van der Waals surface area contributed by atoms with Crippen molar-refractivity contribution < 1.29 is 5.11 Å². The first kappa shape index (κ1) is 12.9. The van der Waals surface area contributed by atoms with Crippen LogP contribution in [0.15, 0.2) is 0 Å². The highest BCUT2D eigenvalue weighted by Crippen LogP contribution is 2.33. The molecular weight excluding hydrogens is 224 g/mol. The van der Waals surface area contributed by atoms with Gasteiger partial charge in [-0.3, -0.25) is 9.80 Å². The summed E-state index contributed by atoms with van der Waals surface area (Å²) in [6.45, 7) is 4.72. The highest BCUT2D eigenvalue weighted by atomic mass is 16.3. The molecule has 2 bridgehead atoms.